The molecule has 4 aromatic carbocycles. The number of thiazole rings is 1. The Morgan fingerprint density at radius 2 is 1.67 bits per heavy atom. The van der Waals surface area contributed by atoms with Crippen molar-refractivity contribution in [2.75, 3.05) is 12.4 Å². The van der Waals surface area contributed by atoms with Crippen LogP contribution in [-0.4, -0.2) is 17.6 Å². The van der Waals surface area contributed by atoms with Crippen molar-refractivity contribution in [3.8, 4) is 23.3 Å². The van der Waals surface area contributed by atoms with Gasteiger partial charge in [-0.2, -0.15) is 18.4 Å². The maximum Gasteiger partial charge on any atom is 0.418 e. The van der Waals surface area contributed by atoms with E-state index in [2.05, 4.69) is 12.2 Å². The third-order valence-corrected chi connectivity index (χ3v) is 8.67. The second-order valence-electron chi connectivity index (χ2n) is 11.0. The molecule has 49 heavy (non-hydrogen) atoms. The third kappa shape index (κ3) is 8.28. The first kappa shape index (κ1) is 34.7. The van der Waals surface area contributed by atoms with E-state index < -0.39 is 34.5 Å². The first-order chi connectivity index (χ1) is 23.6. The van der Waals surface area contributed by atoms with Crippen molar-refractivity contribution >= 4 is 34.6 Å². The average molecular weight is 684 g/mol. The molecular formula is C38H32F3N3O4S. The molecule has 0 aliphatic rings. The summed E-state index contributed by atoms with van der Waals surface area (Å²) >= 11 is 0.739. The number of hydrogen-bond donors (Lipinski definition) is 1. The van der Waals surface area contributed by atoms with Gasteiger partial charge in [-0.25, -0.2) is 0 Å². The Hall–Kier alpha value is -5.60. The summed E-state index contributed by atoms with van der Waals surface area (Å²) in [6, 6.07) is 27.9. The number of benzene rings is 4. The second-order valence-corrected chi connectivity index (χ2v) is 12.0. The number of rotatable bonds is 11. The first-order valence-corrected chi connectivity index (χ1v) is 16.2. The van der Waals surface area contributed by atoms with Gasteiger partial charge in [0.2, 0.25) is 0 Å². The van der Waals surface area contributed by atoms with Crippen LogP contribution >= 0.6 is 11.3 Å². The zero-order chi connectivity index (χ0) is 35.0. The first-order valence-electron chi connectivity index (χ1n) is 15.4. The normalized spacial score (nSPS) is 12.3. The number of carbonyl (C=O) groups is 1. The molecule has 1 heterocycles. The number of para-hydroxylation sites is 1. The summed E-state index contributed by atoms with van der Waals surface area (Å²) < 4.78 is 54.6. The fraction of sp³-hybridized carbons (Fsp3) is 0.184. The van der Waals surface area contributed by atoms with Gasteiger partial charge in [0.1, 0.15) is 17.3 Å². The Morgan fingerprint density at radius 1 is 0.959 bits per heavy atom. The fourth-order valence-electron chi connectivity index (χ4n) is 5.08. The Labute approximate surface area is 284 Å². The third-order valence-electron chi connectivity index (χ3n) is 7.58. The van der Waals surface area contributed by atoms with Crippen LogP contribution in [0.5, 0.6) is 11.5 Å². The largest absolute Gasteiger partial charge is 0.493 e. The van der Waals surface area contributed by atoms with E-state index in [0.29, 0.717) is 22.7 Å². The highest BCUT2D eigenvalue weighted by Crippen LogP contribution is 2.33. The Kier molecular flexibility index (Phi) is 11.0. The maximum absolute atomic E-state index is 14.2. The highest BCUT2D eigenvalue weighted by Gasteiger charge is 2.34. The smallest absolute Gasteiger partial charge is 0.418 e. The molecule has 0 spiro atoms. The number of hydrogen-bond acceptors (Lipinski definition) is 6. The molecule has 0 aliphatic carbocycles. The van der Waals surface area contributed by atoms with E-state index in [-0.39, 0.29) is 15.8 Å². The van der Waals surface area contributed by atoms with Gasteiger partial charge in [0.25, 0.3) is 11.5 Å². The molecule has 1 N–H and O–H groups in total. The van der Waals surface area contributed by atoms with Gasteiger partial charge in [0.05, 0.1) is 22.9 Å². The van der Waals surface area contributed by atoms with E-state index >= 15 is 0 Å². The molecule has 250 valence electrons. The molecule has 1 aromatic heterocycles. The van der Waals surface area contributed by atoms with Gasteiger partial charge < -0.3 is 14.8 Å². The van der Waals surface area contributed by atoms with Gasteiger partial charge in [-0.1, -0.05) is 74.0 Å². The van der Waals surface area contributed by atoms with Crippen molar-refractivity contribution in [1.29, 1.82) is 5.26 Å². The predicted molar refractivity (Wildman–Crippen MR) is 184 cm³/mol. The van der Waals surface area contributed by atoms with Crippen molar-refractivity contribution in [1.82, 2.24) is 4.57 Å². The van der Waals surface area contributed by atoms with Crippen molar-refractivity contribution < 1.29 is 27.4 Å². The van der Waals surface area contributed by atoms with Crippen LogP contribution in [0, 0.1) is 11.3 Å². The second kappa shape index (κ2) is 15.5. The van der Waals surface area contributed by atoms with Gasteiger partial charge in [0, 0.05) is 5.69 Å². The highest BCUT2D eigenvalue weighted by atomic mass is 32.1. The number of anilines is 1. The lowest BCUT2D eigenvalue weighted by molar-refractivity contribution is -0.137. The van der Waals surface area contributed by atoms with Crippen molar-refractivity contribution in [2.45, 2.75) is 39.0 Å². The van der Waals surface area contributed by atoms with Crippen LogP contribution in [0.1, 0.15) is 42.0 Å². The molecule has 1 amide bonds. The lowest BCUT2D eigenvalue weighted by Crippen LogP contribution is -2.33. The SMILES string of the molecule is CCCCc1ccc(NC(=O)/C(C#N)=c2/s/c(=C\c3ccc(OC)c(OCc4ccccc4)c3)c(=O)n2-c2ccccc2C(F)(F)F)cc1. The van der Waals surface area contributed by atoms with E-state index in [1.807, 2.05) is 48.5 Å². The molecule has 5 rings (SSSR count). The summed E-state index contributed by atoms with van der Waals surface area (Å²) in [6.07, 6.45) is -0.450. The Bertz CT molecular complexity index is 2170. The Balaban J connectivity index is 1.64. The van der Waals surface area contributed by atoms with E-state index in [1.54, 1.807) is 30.3 Å². The topological polar surface area (TPSA) is 93.4 Å². The van der Waals surface area contributed by atoms with Gasteiger partial charge in [-0.15, -0.1) is 11.3 Å². The monoisotopic (exact) mass is 683 g/mol. The average Bonchev–Trinajstić information content (AvgIpc) is 3.41. The van der Waals surface area contributed by atoms with Crippen LogP contribution in [0.25, 0.3) is 17.3 Å². The number of alkyl halides is 3. The molecule has 0 aliphatic heterocycles. The molecule has 0 fully saturated rings. The van der Waals surface area contributed by atoms with Crippen LogP contribution in [-0.2, 0) is 24.0 Å². The van der Waals surface area contributed by atoms with Crippen LogP contribution in [0.4, 0.5) is 18.9 Å². The van der Waals surface area contributed by atoms with Gasteiger partial charge in [-0.3, -0.25) is 14.2 Å². The number of nitriles is 1. The predicted octanol–water partition coefficient (Wildman–Crippen LogP) is 6.99. The van der Waals surface area contributed by atoms with Gasteiger partial charge in [-0.05, 0) is 72.0 Å². The maximum atomic E-state index is 14.2. The van der Waals surface area contributed by atoms with Crippen LogP contribution in [0.3, 0.4) is 0 Å². The van der Waals surface area contributed by atoms with E-state index in [1.165, 1.54) is 25.3 Å². The zero-order valence-electron chi connectivity index (χ0n) is 26.7. The minimum absolute atomic E-state index is 0.00743. The highest BCUT2D eigenvalue weighted by molar-refractivity contribution is 7.07. The number of methoxy groups -OCH3 is 1. The number of aryl methyl sites for hydroxylation is 1. The number of nitrogens with one attached hydrogen (secondary N) is 1. The number of nitrogens with zero attached hydrogens (tertiary/aromatic N) is 2. The fourth-order valence-corrected chi connectivity index (χ4v) is 6.18. The minimum atomic E-state index is -4.82. The van der Waals surface area contributed by atoms with Crippen LogP contribution < -0.4 is 29.5 Å². The number of carbonyl (C=O) groups excluding carboxylic acids is 1. The molecule has 0 saturated carbocycles. The van der Waals surface area contributed by atoms with Gasteiger partial charge in [0.15, 0.2) is 17.1 Å². The number of ether oxygens (including phenoxy) is 2. The summed E-state index contributed by atoms with van der Waals surface area (Å²) in [5.41, 5.74) is -0.0813. The summed E-state index contributed by atoms with van der Waals surface area (Å²) in [5.74, 6) is -0.0495. The standard InChI is InChI=1S/C38H32F3N3O4S/c1-3-4-10-25-15-18-28(19-16-25)43-35(45)29(23-42)37-44(31-14-9-8-13-30(31)38(39,40)41)36(46)34(49-37)22-27-17-20-32(47-2)33(21-27)48-24-26-11-6-5-7-12-26/h5-9,11-22H,3-4,10,24H2,1-2H3,(H,43,45)/b34-22-,37-29+. The summed E-state index contributed by atoms with van der Waals surface area (Å²) in [6.45, 7) is 2.33. The molecule has 0 saturated heterocycles. The molecule has 11 heteroatoms. The van der Waals surface area contributed by atoms with Crippen molar-refractivity contribution in [3.05, 3.63) is 139 Å². The molecule has 0 atom stereocenters. The molecule has 0 unspecified atom stereocenters. The number of aromatic nitrogens is 1. The summed E-state index contributed by atoms with van der Waals surface area (Å²) in [5, 5.41) is 12.8. The molecular weight excluding hydrogens is 651 g/mol. The van der Waals surface area contributed by atoms with Crippen LogP contribution in [0.2, 0.25) is 0 Å². The zero-order valence-corrected chi connectivity index (χ0v) is 27.5. The van der Waals surface area contributed by atoms with Gasteiger partial charge >= 0.3 is 6.18 Å². The minimum Gasteiger partial charge on any atom is -0.493 e. The van der Waals surface area contributed by atoms with E-state index in [9.17, 15) is 28.0 Å². The number of amides is 1. The number of unbranched alkanes of at least 4 members (excludes halogenated alkanes) is 1. The summed E-state index contributed by atoms with van der Waals surface area (Å²) in [4.78, 5) is 27.5. The van der Waals surface area contributed by atoms with Crippen molar-refractivity contribution in [2.24, 2.45) is 0 Å². The molecule has 0 bridgehead atoms. The lowest BCUT2D eigenvalue weighted by Gasteiger charge is -2.13. The molecule has 0 radical (unpaired) electrons. The quantitative estimate of drug-likeness (QED) is 0.162. The van der Waals surface area contributed by atoms with Crippen molar-refractivity contribution in [3.63, 3.8) is 0 Å². The van der Waals surface area contributed by atoms with E-state index in [4.69, 9.17) is 9.47 Å². The molecule has 5 aromatic rings. The van der Waals surface area contributed by atoms with Crippen LogP contribution in [0.15, 0.2) is 102 Å². The lowest BCUT2D eigenvalue weighted by atomic mass is 10.1. The van der Waals surface area contributed by atoms with E-state index in [0.717, 1.165) is 58.4 Å². The number of halogens is 3. The Morgan fingerprint density at radius 3 is 2.35 bits per heavy atom. The summed E-state index contributed by atoms with van der Waals surface area (Å²) in [7, 11) is 1.49. The molecule has 7 nitrogen and oxygen atoms in total.